The molecule has 1 saturated heterocycles. The quantitative estimate of drug-likeness (QED) is 0.756. The van der Waals surface area contributed by atoms with Gasteiger partial charge in [0.2, 0.25) is 0 Å². The van der Waals surface area contributed by atoms with Crippen molar-refractivity contribution in [3.8, 4) is 0 Å². The molecular weight excluding hydrogens is 234 g/mol. The normalized spacial score (nSPS) is 20.1. The summed E-state index contributed by atoms with van der Waals surface area (Å²) < 4.78 is 3.96. The van der Waals surface area contributed by atoms with Gasteiger partial charge in [-0.15, -0.1) is 0 Å². The molecule has 1 aromatic carbocycles. The molecule has 0 aromatic heterocycles. The Labute approximate surface area is 106 Å². The Balaban J connectivity index is 2.12. The number of rotatable bonds is 3. The van der Waals surface area contributed by atoms with E-state index in [0.717, 1.165) is 13.1 Å². The zero-order chi connectivity index (χ0) is 11.4. The van der Waals surface area contributed by atoms with Crippen molar-refractivity contribution in [3.63, 3.8) is 0 Å². The highest BCUT2D eigenvalue weighted by atomic mass is 32.2. The highest BCUT2D eigenvalue weighted by Gasteiger charge is 2.29. The van der Waals surface area contributed by atoms with Gasteiger partial charge in [0.25, 0.3) is 4.38 Å². The molecule has 0 radical (unpaired) electrons. The lowest BCUT2D eigenvalue weighted by Gasteiger charge is -2.05. The minimum absolute atomic E-state index is 0.641. The molecule has 86 valence electrons. The van der Waals surface area contributed by atoms with Crippen LogP contribution in [0.15, 0.2) is 30.3 Å². The third-order valence-electron chi connectivity index (χ3n) is 2.79. The van der Waals surface area contributed by atoms with Crippen molar-refractivity contribution in [1.82, 2.24) is 0 Å². The van der Waals surface area contributed by atoms with Gasteiger partial charge >= 0.3 is 0 Å². The predicted molar refractivity (Wildman–Crippen MR) is 75.6 cm³/mol. The molecule has 3 heteroatoms. The van der Waals surface area contributed by atoms with E-state index < -0.39 is 0 Å². The zero-order valence-corrected chi connectivity index (χ0v) is 11.5. The molecule has 0 N–H and O–H groups in total. The maximum absolute atomic E-state index is 2.46. The van der Waals surface area contributed by atoms with E-state index in [2.05, 4.69) is 48.8 Å². The summed E-state index contributed by atoms with van der Waals surface area (Å²) in [5.74, 6) is 1.21. The summed E-state index contributed by atoms with van der Waals surface area (Å²) in [6.07, 6.45) is 0. The smallest absolute Gasteiger partial charge is 0.219 e. The maximum atomic E-state index is 2.46. The molecule has 1 heterocycles. The molecule has 2 rings (SSSR count). The molecule has 1 aliphatic heterocycles. The SMILES string of the molecule is CC[N+](CC)=C1SCC(c2ccccc2)S1. The number of nitrogens with zero attached hydrogens (tertiary/aromatic N) is 1. The first-order valence-electron chi connectivity index (χ1n) is 5.81. The first-order valence-corrected chi connectivity index (χ1v) is 7.68. The van der Waals surface area contributed by atoms with Crippen LogP contribution in [-0.4, -0.2) is 27.8 Å². The van der Waals surface area contributed by atoms with E-state index in [9.17, 15) is 0 Å². The zero-order valence-electron chi connectivity index (χ0n) is 9.85. The number of benzene rings is 1. The van der Waals surface area contributed by atoms with Crippen molar-refractivity contribution in [1.29, 1.82) is 0 Å². The van der Waals surface area contributed by atoms with E-state index in [1.807, 2.05) is 23.5 Å². The summed E-state index contributed by atoms with van der Waals surface area (Å²) in [6, 6.07) is 10.8. The van der Waals surface area contributed by atoms with E-state index in [4.69, 9.17) is 0 Å². The first kappa shape index (κ1) is 12.1. The van der Waals surface area contributed by atoms with Gasteiger partial charge in [0.15, 0.2) is 0 Å². The average molecular weight is 252 g/mol. The van der Waals surface area contributed by atoms with Gasteiger partial charge < -0.3 is 0 Å². The maximum Gasteiger partial charge on any atom is 0.270 e. The fourth-order valence-electron chi connectivity index (χ4n) is 1.82. The van der Waals surface area contributed by atoms with Gasteiger partial charge in [-0.1, -0.05) is 30.3 Å². The standard InChI is InChI=1S/C13H18NS2/c1-3-14(4-2)13-15-10-12(16-13)11-8-6-5-7-9-11/h5-9,12H,3-4,10H2,1-2H3/q+1. The molecule has 0 amide bonds. The molecule has 0 bridgehead atoms. The van der Waals surface area contributed by atoms with Gasteiger partial charge in [-0.2, -0.15) is 0 Å². The Kier molecular flexibility index (Phi) is 4.36. The van der Waals surface area contributed by atoms with Gasteiger partial charge in [0, 0.05) is 5.75 Å². The van der Waals surface area contributed by atoms with Crippen LogP contribution in [0.3, 0.4) is 0 Å². The van der Waals surface area contributed by atoms with Crippen LogP contribution in [0, 0.1) is 0 Å². The second-order valence-electron chi connectivity index (χ2n) is 3.77. The highest BCUT2D eigenvalue weighted by Crippen LogP contribution is 2.43. The van der Waals surface area contributed by atoms with Gasteiger partial charge in [-0.05, 0) is 42.9 Å². The summed E-state index contributed by atoms with van der Waals surface area (Å²) in [5.41, 5.74) is 1.46. The Morgan fingerprint density at radius 2 is 1.88 bits per heavy atom. The van der Waals surface area contributed by atoms with Crippen LogP contribution in [0.4, 0.5) is 0 Å². The summed E-state index contributed by atoms with van der Waals surface area (Å²) in [7, 11) is 0. The molecular formula is C13H18NS2+. The molecule has 0 saturated carbocycles. The van der Waals surface area contributed by atoms with Gasteiger partial charge in [-0.25, -0.2) is 4.58 Å². The fourth-order valence-corrected chi connectivity index (χ4v) is 4.99. The first-order chi connectivity index (χ1) is 7.85. The molecule has 1 aliphatic rings. The molecule has 0 spiro atoms. The van der Waals surface area contributed by atoms with Gasteiger partial charge in [-0.3, -0.25) is 0 Å². The lowest BCUT2D eigenvalue weighted by Crippen LogP contribution is -2.15. The van der Waals surface area contributed by atoms with E-state index >= 15 is 0 Å². The second-order valence-corrected chi connectivity index (χ2v) is 6.22. The molecule has 1 fully saturated rings. The van der Waals surface area contributed by atoms with Crippen LogP contribution < -0.4 is 0 Å². The van der Waals surface area contributed by atoms with E-state index in [0.29, 0.717) is 5.25 Å². The van der Waals surface area contributed by atoms with E-state index in [-0.39, 0.29) is 0 Å². The summed E-state index contributed by atoms with van der Waals surface area (Å²) in [6.45, 7) is 6.70. The summed E-state index contributed by atoms with van der Waals surface area (Å²) in [5, 5.41) is 0.641. The lowest BCUT2D eigenvalue weighted by molar-refractivity contribution is -0.515. The van der Waals surface area contributed by atoms with Crippen molar-refractivity contribution in [3.05, 3.63) is 35.9 Å². The Hall–Kier alpha value is -0.410. The number of hydrogen-bond donors (Lipinski definition) is 0. The van der Waals surface area contributed by atoms with Crippen molar-refractivity contribution in [2.45, 2.75) is 19.1 Å². The van der Waals surface area contributed by atoms with Gasteiger partial charge in [0.05, 0.1) is 5.25 Å². The van der Waals surface area contributed by atoms with Crippen LogP contribution >= 0.6 is 23.5 Å². The van der Waals surface area contributed by atoms with Crippen molar-refractivity contribution < 1.29 is 4.58 Å². The Morgan fingerprint density at radius 1 is 1.19 bits per heavy atom. The minimum atomic E-state index is 0.641. The molecule has 1 atom stereocenters. The van der Waals surface area contributed by atoms with Crippen LogP contribution in [-0.2, 0) is 0 Å². The highest BCUT2D eigenvalue weighted by molar-refractivity contribution is 8.41. The van der Waals surface area contributed by atoms with Crippen molar-refractivity contribution in [2.75, 3.05) is 18.8 Å². The minimum Gasteiger partial charge on any atom is -0.219 e. The lowest BCUT2D eigenvalue weighted by atomic mass is 10.2. The van der Waals surface area contributed by atoms with Crippen LogP contribution in [0.25, 0.3) is 0 Å². The molecule has 0 aliphatic carbocycles. The van der Waals surface area contributed by atoms with E-state index in [1.165, 1.54) is 15.7 Å². The molecule has 1 unspecified atom stereocenters. The van der Waals surface area contributed by atoms with Crippen LogP contribution in [0.5, 0.6) is 0 Å². The van der Waals surface area contributed by atoms with Gasteiger partial charge in [0.1, 0.15) is 13.1 Å². The average Bonchev–Trinajstić information content (AvgIpc) is 2.81. The predicted octanol–water partition coefficient (Wildman–Crippen LogP) is 3.62. The summed E-state index contributed by atoms with van der Waals surface area (Å²) in [4.78, 5) is 0. The molecule has 1 aromatic rings. The summed E-state index contributed by atoms with van der Waals surface area (Å²) >= 11 is 4.03. The molecule has 16 heavy (non-hydrogen) atoms. The third-order valence-corrected chi connectivity index (χ3v) is 5.84. The Bertz CT molecular complexity index is 367. The fraction of sp³-hybridized carbons (Fsp3) is 0.462. The van der Waals surface area contributed by atoms with E-state index in [1.54, 1.807) is 0 Å². The molecule has 1 nitrogen and oxygen atoms in total. The third kappa shape index (κ3) is 2.64. The van der Waals surface area contributed by atoms with Crippen LogP contribution in [0.2, 0.25) is 0 Å². The van der Waals surface area contributed by atoms with Crippen LogP contribution in [0.1, 0.15) is 24.7 Å². The Morgan fingerprint density at radius 3 is 2.50 bits per heavy atom. The van der Waals surface area contributed by atoms with Crippen molar-refractivity contribution >= 4 is 27.9 Å². The largest absolute Gasteiger partial charge is 0.270 e. The number of hydrogen-bond acceptors (Lipinski definition) is 2. The monoisotopic (exact) mass is 252 g/mol. The number of thioether (sulfide) groups is 2. The second kappa shape index (κ2) is 5.78. The topological polar surface area (TPSA) is 3.01 Å². The van der Waals surface area contributed by atoms with Crippen molar-refractivity contribution in [2.24, 2.45) is 0 Å².